The molecule has 0 aliphatic carbocycles. The van der Waals surface area contributed by atoms with Gasteiger partial charge in [-0.2, -0.15) is 0 Å². The fourth-order valence-electron chi connectivity index (χ4n) is 4.66. The molecule has 35 heavy (non-hydrogen) atoms. The monoisotopic (exact) mass is 559 g/mol. The van der Waals surface area contributed by atoms with Gasteiger partial charge in [0.15, 0.2) is 0 Å². The molecule has 1 heterocycles. The fraction of sp³-hybridized carbons (Fsp3) is 0.480. The van der Waals surface area contributed by atoms with Gasteiger partial charge in [-0.3, -0.25) is 9.69 Å². The summed E-state index contributed by atoms with van der Waals surface area (Å²) >= 11 is 18.6. The molecule has 0 saturated carbocycles. The van der Waals surface area contributed by atoms with E-state index in [1.165, 1.54) is 6.26 Å². The molecule has 1 saturated heterocycles. The number of sulfone groups is 1. The molecule has 3 atom stereocenters. The molecular formula is C25H32Cl3N3O3S. The molecule has 1 aliphatic heterocycles. The van der Waals surface area contributed by atoms with Crippen LogP contribution < -0.4 is 5.73 Å². The highest BCUT2D eigenvalue weighted by Gasteiger charge is 2.39. The topological polar surface area (TPSA) is 83.7 Å². The summed E-state index contributed by atoms with van der Waals surface area (Å²) in [6, 6.07) is 12.7. The Labute approximate surface area is 223 Å². The number of likely N-dealkylation sites (tertiary alicyclic amines) is 1. The lowest BCUT2D eigenvalue weighted by Crippen LogP contribution is -2.53. The summed E-state index contributed by atoms with van der Waals surface area (Å²) in [7, 11) is -1.37. The summed E-state index contributed by atoms with van der Waals surface area (Å²) in [5.41, 5.74) is 7.12. The van der Waals surface area contributed by atoms with Crippen LogP contribution in [0.4, 0.5) is 0 Å². The molecule has 3 unspecified atom stereocenters. The van der Waals surface area contributed by atoms with Gasteiger partial charge in [-0.25, -0.2) is 8.42 Å². The van der Waals surface area contributed by atoms with Crippen molar-refractivity contribution in [3.8, 4) is 0 Å². The molecule has 6 nitrogen and oxygen atoms in total. The molecule has 0 radical (unpaired) electrons. The van der Waals surface area contributed by atoms with E-state index in [9.17, 15) is 13.2 Å². The molecule has 0 bridgehead atoms. The van der Waals surface area contributed by atoms with Crippen molar-refractivity contribution in [3.05, 3.63) is 68.7 Å². The first-order chi connectivity index (χ1) is 16.3. The minimum atomic E-state index is -3.14. The third-order valence-electron chi connectivity index (χ3n) is 6.90. The van der Waals surface area contributed by atoms with E-state index in [2.05, 4.69) is 4.90 Å². The van der Waals surface area contributed by atoms with E-state index in [0.717, 1.165) is 11.1 Å². The van der Waals surface area contributed by atoms with Crippen LogP contribution in [0.5, 0.6) is 0 Å². The van der Waals surface area contributed by atoms with Gasteiger partial charge in [-0.05, 0) is 61.6 Å². The Morgan fingerprint density at radius 2 is 1.89 bits per heavy atom. The van der Waals surface area contributed by atoms with Crippen LogP contribution in [0.25, 0.3) is 0 Å². The largest absolute Gasteiger partial charge is 0.341 e. The van der Waals surface area contributed by atoms with Crippen LogP contribution in [0.1, 0.15) is 37.3 Å². The second-order valence-corrected chi connectivity index (χ2v) is 13.2. The predicted molar refractivity (Wildman–Crippen MR) is 144 cm³/mol. The highest BCUT2D eigenvalue weighted by atomic mass is 35.5. The lowest BCUT2D eigenvalue weighted by Gasteiger charge is -2.40. The molecule has 1 fully saturated rings. The number of piperidine rings is 1. The average molecular weight is 561 g/mol. The molecule has 2 N–H and O–H groups in total. The van der Waals surface area contributed by atoms with Gasteiger partial charge in [0.25, 0.3) is 0 Å². The van der Waals surface area contributed by atoms with Crippen LogP contribution in [0.15, 0.2) is 42.5 Å². The summed E-state index contributed by atoms with van der Waals surface area (Å²) in [5, 5.41) is 0.983. The van der Waals surface area contributed by atoms with Gasteiger partial charge < -0.3 is 10.6 Å². The number of hydrogen-bond acceptors (Lipinski definition) is 5. The van der Waals surface area contributed by atoms with E-state index >= 15 is 0 Å². The maximum absolute atomic E-state index is 13.9. The van der Waals surface area contributed by atoms with Crippen LogP contribution in [0.3, 0.4) is 0 Å². The smallest absolute Gasteiger partial charge is 0.233 e. The van der Waals surface area contributed by atoms with Gasteiger partial charge in [0, 0.05) is 38.0 Å². The van der Waals surface area contributed by atoms with Crippen molar-refractivity contribution < 1.29 is 13.2 Å². The first-order valence-corrected chi connectivity index (χ1v) is 14.5. The Kier molecular flexibility index (Phi) is 9.16. The second kappa shape index (κ2) is 11.4. The van der Waals surface area contributed by atoms with Crippen LogP contribution >= 0.6 is 34.8 Å². The Hall–Kier alpha value is -1.35. The van der Waals surface area contributed by atoms with Gasteiger partial charge in [0.05, 0.1) is 26.9 Å². The first-order valence-electron chi connectivity index (χ1n) is 11.5. The highest BCUT2D eigenvalue weighted by Crippen LogP contribution is 2.35. The maximum atomic E-state index is 13.9. The number of hydrogen-bond donors (Lipinski definition) is 1. The lowest BCUT2D eigenvalue weighted by molar-refractivity contribution is -0.136. The number of benzene rings is 2. The van der Waals surface area contributed by atoms with Gasteiger partial charge in [0.1, 0.15) is 9.84 Å². The summed E-state index contributed by atoms with van der Waals surface area (Å²) in [5.74, 6) is -0.0737. The molecular weight excluding hydrogens is 529 g/mol. The summed E-state index contributed by atoms with van der Waals surface area (Å²) in [4.78, 5) is 17.6. The van der Waals surface area contributed by atoms with Gasteiger partial charge in [-0.1, -0.05) is 53.0 Å². The summed E-state index contributed by atoms with van der Waals surface area (Å²) in [6.45, 7) is 3.39. The molecule has 3 rings (SSSR count). The van der Waals surface area contributed by atoms with Gasteiger partial charge in [-0.15, -0.1) is 0 Å². The van der Waals surface area contributed by atoms with E-state index in [-0.39, 0.29) is 12.1 Å². The maximum Gasteiger partial charge on any atom is 0.233 e. The minimum absolute atomic E-state index is 0.0737. The standard InChI is InChI=1S/C25H32Cl3N3O3S/c1-25(18-7-8-21(27)22(28)14-18,24(32)30(2)16-17-5-4-6-19(26)13-17)10-12-31-11-9-20(15-23(31)29)35(3,33)34/h4-8,13-14,20,23H,9-12,15-16,29H2,1-3H3. The molecule has 0 spiro atoms. The molecule has 192 valence electrons. The minimum Gasteiger partial charge on any atom is -0.341 e. The van der Waals surface area contributed by atoms with Crippen LogP contribution in [-0.2, 0) is 26.6 Å². The third kappa shape index (κ3) is 6.90. The van der Waals surface area contributed by atoms with Crippen molar-refractivity contribution in [3.63, 3.8) is 0 Å². The van der Waals surface area contributed by atoms with Crippen molar-refractivity contribution in [2.24, 2.45) is 5.73 Å². The SMILES string of the molecule is CN(Cc1cccc(Cl)c1)C(=O)C(C)(CCN1CCC(S(C)(=O)=O)CC1N)c1ccc(Cl)c(Cl)c1. The zero-order valence-electron chi connectivity index (χ0n) is 20.2. The van der Waals surface area contributed by atoms with Crippen LogP contribution in [-0.4, -0.2) is 61.9 Å². The van der Waals surface area contributed by atoms with Crippen molar-refractivity contribution in [2.45, 2.75) is 49.6 Å². The number of carbonyl (C=O) groups excluding carboxylic acids is 1. The Morgan fingerprint density at radius 3 is 2.49 bits per heavy atom. The molecule has 1 amide bonds. The highest BCUT2D eigenvalue weighted by molar-refractivity contribution is 7.91. The number of rotatable bonds is 8. The normalized spacial score (nSPS) is 20.9. The zero-order valence-corrected chi connectivity index (χ0v) is 23.3. The number of carbonyl (C=O) groups is 1. The van der Waals surface area contributed by atoms with E-state index in [4.69, 9.17) is 40.5 Å². The summed E-state index contributed by atoms with van der Waals surface area (Å²) in [6.07, 6.45) is 2.25. The van der Waals surface area contributed by atoms with Crippen molar-refractivity contribution in [1.29, 1.82) is 0 Å². The first kappa shape index (κ1) is 28.2. The van der Waals surface area contributed by atoms with Crippen molar-refractivity contribution in [2.75, 3.05) is 26.4 Å². The second-order valence-electron chi connectivity index (χ2n) is 9.58. The van der Waals surface area contributed by atoms with Crippen molar-refractivity contribution >= 4 is 50.5 Å². The molecule has 2 aromatic carbocycles. The predicted octanol–water partition coefficient (Wildman–Crippen LogP) is 4.75. The lowest BCUT2D eigenvalue weighted by atomic mass is 9.77. The Bertz CT molecular complexity index is 1180. The van der Waals surface area contributed by atoms with E-state index in [0.29, 0.717) is 54.0 Å². The third-order valence-corrected chi connectivity index (χ3v) is 9.51. The molecule has 10 heteroatoms. The van der Waals surface area contributed by atoms with Crippen LogP contribution in [0.2, 0.25) is 15.1 Å². The number of halogens is 3. The number of nitrogens with zero attached hydrogens (tertiary/aromatic N) is 2. The van der Waals surface area contributed by atoms with Gasteiger partial charge >= 0.3 is 0 Å². The number of nitrogens with two attached hydrogens (primary N) is 1. The van der Waals surface area contributed by atoms with Crippen LogP contribution in [0, 0.1) is 0 Å². The summed E-state index contributed by atoms with van der Waals surface area (Å²) < 4.78 is 24.0. The fourth-order valence-corrected chi connectivity index (χ4v) is 6.25. The van der Waals surface area contributed by atoms with E-state index in [1.807, 2.05) is 31.2 Å². The Balaban J connectivity index is 1.83. The average Bonchev–Trinajstić information content (AvgIpc) is 2.78. The zero-order chi connectivity index (χ0) is 26.0. The van der Waals surface area contributed by atoms with Crippen molar-refractivity contribution in [1.82, 2.24) is 9.80 Å². The van der Waals surface area contributed by atoms with Gasteiger partial charge in [0.2, 0.25) is 5.91 Å². The van der Waals surface area contributed by atoms with E-state index < -0.39 is 20.5 Å². The number of amides is 1. The number of likely N-dealkylation sites (N-methyl/N-ethyl adjacent to an activating group) is 1. The molecule has 0 aromatic heterocycles. The quantitative estimate of drug-likeness (QED) is 0.504. The Morgan fingerprint density at radius 1 is 1.17 bits per heavy atom. The van der Waals surface area contributed by atoms with E-state index in [1.54, 1.807) is 30.1 Å². The molecule has 2 aromatic rings. The molecule has 1 aliphatic rings.